The molecule has 0 unspecified atom stereocenters. The van der Waals surface area contributed by atoms with Crippen LogP contribution < -0.4 is 5.32 Å². The van der Waals surface area contributed by atoms with Crippen molar-refractivity contribution in [1.29, 1.82) is 0 Å². The molecule has 27 heavy (non-hydrogen) atoms. The van der Waals surface area contributed by atoms with Crippen LogP contribution in [0.15, 0.2) is 59.6 Å². The van der Waals surface area contributed by atoms with E-state index < -0.39 is 0 Å². The Bertz CT molecular complexity index is 1080. The van der Waals surface area contributed by atoms with Gasteiger partial charge in [0.15, 0.2) is 0 Å². The van der Waals surface area contributed by atoms with Crippen molar-refractivity contribution >= 4 is 40.3 Å². The Morgan fingerprint density at radius 1 is 1.15 bits per heavy atom. The Labute approximate surface area is 167 Å². The van der Waals surface area contributed by atoms with Gasteiger partial charge >= 0.3 is 0 Å². The van der Waals surface area contributed by atoms with E-state index in [-0.39, 0.29) is 5.91 Å². The summed E-state index contributed by atoms with van der Waals surface area (Å²) < 4.78 is 2.33. The molecule has 0 aliphatic carbocycles. The molecule has 1 fully saturated rings. The van der Waals surface area contributed by atoms with E-state index in [9.17, 15) is 4.79 Å². The number of rotatable bonds is 3. The molecule has 1 N–H and O–H groups in total. The lowest BCUT2D eigenvalue weighted by Crippen LogP contribution is -2.17. The second-order valence-electron chi connectivity index (χ2n) is 6.38. The number of nitrogens with zero attached hydrogens (tertiary/aromatic N) is 2. The number of hydrogen-bond donors (Lipinski definition) is 1. The van der Waals surface area contributed by atoms with Gasteiger partial charge in [-0.15, -0.1) is 0 Å². The Morgan fingerprint density at radius 2 is 1.93 bits per heavy atom. The summed E-state index contributed by atoms with van der Waals surface area (Å²) in [7, 11) is 0. The second-order valence-corrected chi connectivity index (χ2v) is 8.10. The van der Waals surface area contributed by atoms with Crippen molar-refractivity contribution in [3.8, 4) is 16.9 Å². The largest absolute Gasteiger partial charge is 0.307 e. The van der Waals surface area contributed by atoms with E-state index in [0.717, 1.165) is 33.6 Å². The van der Waals surface area contributed by atoms with Gasteiger partial charge in [-0.25, -0.2) is 4.68 Å². The van der Waals surface area contributed by atoms with Crippen LogP contribution in [-0.4, -0.2) is 20.0 Å². The van der Waals surface area contributed by atoms with E-state index in [1.165, 1.54) is 11.8 Å². The van der Waals surface area contributed by atoms with Gasteiger partial charge in [0.25, 0.3) is 5.91 Å². The number of benzene rings is 2. The number of aryl methyl sites for hydroxylation is 2. The molecule has 2 aromatic carbocycles. The van der Waals surface area contributed by atoms with Gasteiger partial charge in [0, 0.05) is 17.3 Å². The van der Waals surface area contributed by atoms with Gasteiger partial charge in [0.05, 0.1) is 10.6 Å². The predicted molar refractivity (Wildman–Crippen MR) is 115 cm³/mol. The van der Waals surface area contributed by atoms with Gasteiger partial charge in [-0.3, -0.25) is 4.79 Å². The summed E-state index contributed by atoms with van der Waals surface area (Å²) >= 11 is 6.38. The van der Waals surface area contributed by atoms with Crippen molar-refractivity contribution in [3.05, 3.63) is 76.3 Å². The molecular weight excluding hydrogens is 374 g/mol. The number of carbonyl (C=O) groups is 1. The van der Waals surface area contributed by atoms with Crippen molar-refractivity contribution in [2.45, 2.75) is 13.8 Å². The molecule has 0 saturated carbocycles. The van der Waals surface area contributed by atoms with Crippen LogP contribution in [0.4, 0.5) is 0 Å². The van der Waals surface area contributed by atoms with Crippen LogP contribution in [0.3, 0.4) is 0 Å². The molecule has 1 aliphatic rings. The lowest BCUT2D eigenvalue weighted by atomic mass is 10.0. The lowest BCUT2D eigenvalue weighted by molar-refractivity contribution is -0.115. The SMILES string of the molecule is Cc1ccc(C)c(-c2nn(-c3ccccc3)cc2/C=C2/SC(=S)NC2=O)c1. The summed E-state index contributed by atoms with van der Waals surface area (Å²) in [6.45, 7) is 4.13. The average molecular weight is 392 g/mol. The summed E-state index contributed by atoms with van der Waals surface area (Å²) in [5.41, 5.74) is 6.05. The van der Waals surface area contributed by atoms with Gasteiger partial charge in [0.1, 0.15) is 10.0 Å². The van der Waals surface area contributed by atoms with Gasteiger partial charge in [-0.05, 0) is 43.7 Å². The summed E-state index contributed by atoms with van der Waals surface area (Å²) in [4.78, 5) is 12.7. The van der Waals surface area contributed by atoms with Gasteiger partial charge < -0.3 is 5.32 Å². The minimum Gasteiger partial charge on any atom is -0.307 e. The monoisotopic (exact) mass is 391 g/mol. The zero-order valence-corrected chi connectivity index (χ0v) is 16.5. The number of aromatic nitrogens is 2. The first-order valence-electron chi connectivity index (χ1n) is 8.49. The minimum absolute atomic E-state index is 0.163. The van der Waals surface area contributed by atoms with E-state index in [2.05, 4.69) is 37.4 Å². The number of thioether (sulfide) groups is 1. The van der Waals surface area contributed by atoms with Gasteiger partial charge in [-0.1, -0.05) is 59.9 Å². The van der Waals surface area contributed by atoms with E-state index in [1.54, 1.807) is 0 Å². The van der Waals surface area contributed by atoms with Crippen LogP contribution >= 0.6 is 24.0 Å². The molecule has 1 amide bonds. The molecule has 1 aliphatic heterocycles. The Morgan fingerprint density at radius 3 is 2.63 bits per heavy atom. The third-order valence-corrected chi connectivity index (χ3v) is 5.50. The molecular formula is C21H17N3OS2. The smallest absolute Gasteiger partial charge is 0.263 e. The first-order valence-corrected chi connectivity index (χ1v) is 9.71. The lowest BCUT2D eigenvalue weighted by Gasteiger charge is -2.06. The maximum Gasteiger partial charge on any atom is 0.263 e. The maximum absolute atomic E-state index is 12.1. The summed E-state index contributed by atoms with van der Waals surface area (Å²) in [6.07, 6.45) is 3.82. The topological polar surface area (TPSA) is 46.9 Å². The number of amides is 1. The average Bonchev–Trinajstić information content (AvgIpc) is 3.21. The fraction of sp³-hybridized carbons (Fsp3) is 0.0952. The molecule has 4 rings (SSSR count). The summed E-state index contributed by atoms with van der Waals surface area (Å²) in [5, 5.41) is 7.50. The molecule has 4 nitrogen and oxygen atoms in total. The number of para-hydroxylation sites is 1. The van der Waals surface area contributed by atoms with Gasteiger partial charge in [-0.2, -0.15) is 5.10 Å². The minimum atomic E-state index is -0.163. The highest BCUT2D eigenvalue weighted by Crippen LogP contribution is 2.32. The molecule has 0 spiro atoms. The van der Waals surface area contributed by atoms with E-state index in [0.29, 0.717) is 9.23 Å². The van der Waals surface area contributed by atoms with E-state index in [4.69, 9.17) is 17.3 Å². The van der Waals surface area contributed by atoms with Crippen LogP contribution in [0.25, 0.3) is 23.0 Å². The highest BCUT2D eigenvalue weighted by Gasteiger charge is 2.23. The van der Waals surface area contributed by atoms with Crippen LogP contribution in [0.1, 0.15) is 16.7 Å². The van der Waals surface area contributed by atoms with Crippen LogP contribution in [0.2, 0.25) is 0 Å². The van der Waals surface area contributed by atoms with Crippen LogP contribution in [-0.2, 0) is 4.79 Å². The normalized spacial score (nSPS) is 15.4. The first kappa shape index (κ1) is 17.7. The maximum atomic E-state index is 12.1. The van der Waals surface area contributed by atoms with Crippen LogP contribution in [0, 0.1) is 13.8 Å². The first-order chi connectivity index (χ1) is 13.0. The Kier molecular flexibility index (Phi) is 4.68. The van der Waals surface area contributed by atoms with Crippen molar-refractivity contribution < 1.29 is 4.79 Å². The fourth-order valence-electron chi connectivity index (χ4n) is 2.97. The number of thiocarbonyl (C=S) groups is 1. The molecule has 0 bridgehead atoms. The third-order valence-electron chi connectivity index (χ3n) is 4.34. The van der Waals surface area contributed by atoms with Crippen molar-refractivity contribution in [1.82, 2.24) is 15.1 Å². The second kappa shape index (κ2) is 7.13. The van der Waals surface area contributed by atoms with E-state index >= 15 is 0 Å². The van der Waals surface area contributed by atoms with E-state index in [1.807, 2.05) is 47.3 Å². The predicted octanol–water partition coefficient (Wildman–Crippen LogP) is 4.64. The number of hydrogen-bond acceptors (Lipinski definition) is 4. The molecule has 0 radical (unpaired) electrons. The standard InChI is InChI=1S/C21H17N3OS2/c1-13-8-9-14(2)17(10-13)19-15(11-18-20(25)22-21(26)27-18)12-24(23-19)16-6-4-3-5-7-16/h3-12H,1-2H3,(H,22,25,26)/b18-11+. The summed E-state index contributed by atoms with van der Waals surface area (Å²) in [5.74, 6) is -0.163. The summed E-state index contributed by atoms with van der Waals surface area (Å²) in [6, 6.07) is 16.2. The number of carbonyl (C=O) groups excluding carboxylic acids is 1. The molecule has 1 aromatic heterocycles. The highest BCUT2D eigenvalue weighted by molar-refractivity contribution is 8.26. The van der Waals surface area contributed by atoms with Crippen molar-refractivity contribution in [3.63, 3.8) is 0 Å². The van der Waals surface area contributed by atoms with Crippen LogP contribution in [0.5, 0.6) is 0 Å². The van der Waals surface area contributed by atoms with Crippen molar-refractivity contribution in [2.75, 3.05) is 0 Å². The number of nitrogens with one attached hydrogen (secondary N) is 1. The zero-order chi connectivity index (χ0) is 19.0. The zero-order valence-electron chi connectivity index (χ0n) is 14.9. The quantitative estimate of drug-likeness (QED) is 0.522. The molecule has 6 heteroatoms. The molecule has 0 atom stereocenters. The van der Waals surface area contributed by atoms with Gasteiger partial charge in [0.2, 0.25) is 0 Å². The third kappa shape index (κ3) is 3.59. The Hall–Kier alpha value is -2.70. The molecule has 134 valence electrons. The fourth-order valence-corrected chi connectivity index (χ4v) is 4.00. The molecule has 3 aromatic rings. The Balaban J connectivity index is 1.89. The molecule has 2 heterocycles. The van der Waals surface area contributed by atoms with Crippen molar-refractivity contribution in [2.24, 2.45) is 0 Å². The highest BCUT2D eigenvalue weighted by atomic mass is 32.2. The molecule has 1 saturated heterocycles.